The number of alkyl halides is 2. The van der Waals surface area contributed by atoms with Gasteiger partial charge in [0, 0.05) is 12.0 Å². The third-order valence-electron chi connectivity index (χ3n) is 9.72. The van der Waals surface area contributed by atoms with E-state index in [1.165, 1.54) is 0 Å². The quantitative estimate of drug-likeness (QED) is 0.416. The van der Waals surface area contributed by atoms with Crippen molar-refractivity contribution in [3.05, 3.63) is 0 Å². The van der Waals surface area contributed by atoms with Gasteiger partial charge in [-0.15, -0.1) is 11.6 Å². The lowest BCUT2D eigenvalue weighted by Crippen LogP contribution is -2.70. The van der Waals surface area contributed by atoms with Crippen LogP contribution in [0.4, 0.5) is 4.39 Å². The minimum absolute atomic E-state index is 0.0115. The van der Waals surface area contributed by atoms with Crippen LogP contribution in [0.15, 0.2) is 0 Å². The zero-order valence-electron chi connectivity index (χ0n) is 21.9. The first kappa shape index (κ1) is 28.1. The van der Waals surface area contributed by atoms with E-state index in [4.69, 9.17) is 21.1 Å². The molecule has 2 amide bonds. The third kappa shape index (κ3) is 6.36. The molecule has 5 unspecified atom stereocenters. The zero-order chi connectivity index (χ0) is 26.1. The molecule has 0 aromatic heterocycles. The number of ether oxygens (including phenoxy) is 2. The van der Waals surface area contributed by atoms with Crippen molar-refractivity contribution in [2.75, 3.05) is 13.2 Å². The molecule has 5 fully saturated rings. The summed E-state index contributed by atoms with van der Waals surface area (Å²) in [4.78, 5) is 25.4. The van der Waals surface area contributed by atoms with Gasteiger partial charge >= 0.3 is 0 Å². The van der Waals surface area contributed by atoms with Gasteiger partial charge in [0.15, 0.2) is 0 Å². The smallest absolute Gasteiger partial charge is 0.246 e. The van der Waals surface area contributed by atoms with Gasteiger partial charge in [0.25, 0.3) is 0 Å². The number of halogens is 2. The second kappa shape index (κ2) is 11.4. The van der Waals surface area contributed by atoms with Gasteiger partial charge in [-0.3, -0.25) is 9.59 Å². The van der Waals surface area contributed by atoms with E-state index in [2.05, 4.69) is 31.4 Å². The van der Waals surface area contributed by atoms with E-state index in [-0.39, 0.29) is 43.7 Å². The second-order valence-corrected chi connectivity index (χ2v) is 12.8. The fourth-order valence-electron chi connectivity index (χ4n) is 6.94. The van der Waals surface area contributed by atoms with Gasteiger partial charge in [-0.25, -0.2) is 4.39 Å². The van der Waals surface area contributed by atoms with Crippen LogP contribution in [0.3, 0.4) is 0 Å². The summed E-state index contributed by atoms with van der Waals surface area (Å²) in [5.41, 5.74) is -1.16. The molecular weight excluding hydrogens is 487 g/mol. The van der Waals surface area contributed by atoms with E-state index in [0.717, 1.165) is 12.8 Å². The second-order valence-electron chi connectivity index (χ2n) is 12.2. The van der Waals surface area contributed by atoms with E-state index in [1.54, 1.807) is 0 Å². The number of carbonyl (C=O) groups is 2. The molecule has 6 atom stereocenters. The van der Waals surface area contributed by atoms with Crippen molar-refractivity contribution in [1.29, 1.82) is 0 Å². The molecule has 0 radical (unpaired) electrons. The number of hydrogen-bond donors (Lipinski definition) is 3. The highest BCUT2D eigenvalue weighted by Gasteiger charge is 2.55. The molecule has 0 aliphatic heterocycles. The minimum Gasteiger partial charge on any atom is -0.391 e. The summed E-state index contributed by atoms with van der Waals surface area (Å²) in [6.45, 7) is 6.67. The number of aliphatic hydroxyl groups excluding tert-OH is 1. The van der Waals surface area contributed by atoms with Crippen LogP contribution in [0.1, 0.15) is 85.0 Å². The zero-order valence-corrected chi connectivity index (χ0v) is 22.7. The van der Waals surface area contributed by atoms with Crippen LogP contribution in [0.25, 0.3) is 0 Å². The summed E-state index contributed by atoms with van der Waals surface area (Å²) < 4.78 is 25.5. The molecule has 9 heteroatoms. The summed E-state index contributed by atoms with van der Waals surface area (Å²) >= 11 is 5.92. The molecule has 5 rings (SSSR count). The molecule has 2 bridgehead atoms. The van der Waals surface area contributed by atoms with Crippen molar-refractivity contribution < 1.29 is 28.6 Å². The first-order chi connectivity index (χ1) is 17.0. The Morgan fingerprint density at radius 2 is 1.50 bits per heavy atom. The number of carbonyl (C=O) groups excluding carboxylic acids is 2. The van der Waals surface area contributed by atoms with E-state index in [1.807, 2.05) is 0 Å². The molecule has 36 heavy (non-hydrogen) atoms. The lowest BCUT2D eigenvalue weighted by molar-refractivity contribution is -0.142. The van der Waals surface area contributed by atoms with Crippen LogP contribution in [-0.2, 0) is 19.1 Å². The highest BCUT2D eigenvalue weighted by molar-refractivity contribution is 6.21. The van der Waals surface area contributed by atoms with E-state index >= 15 is 0 Å². The van der Waals surface area contributed by atoms with Gasteiger partial charge in [-0.05, 0) is 75.5 Å². The molecular formula is C27H44ClFN2O5. The lowest BCUT2D eigenvalue weighted by atomic mass is 9.60. The molecule has 5 aliphatic rings. The molecule has 0 aromatic carbocycles. The van der Waals surface area contributed by atoms with Gasteiger partial charge in [-0.1, -0.05) is 20.8 Å². The molecule has 0 heterocycles. The Hall–Kier alpha value is -0.960. The predicted octanol–water partition coefficient (Wildman–Crippen LogP) is 3.64. The van der Waals surface area contributed by atoms with Crippen molar-refractivity contribution in [3.8, 4) is 0 Å². The number of amides is 2. The topological polar surface area (TPSA) is 96.9 Å². The summed E-state index contributed by atoms with van der Waals surface area (Å²) in [5, 5.41) is 16.7. The molecule has 5 saturated carbocycles. The molecule has 206 valence electrons. The largest absolute Gasteiger partial charge is 0.391 e. The molecule has 7 nitrogen and oxygen atoms in total. The van der Waals surface area contributed by atoms with Crippen molar-refractivity contribution in [1.82, 2.24) is 10.6 Å². The lowest BCUT2D eigenvalue weighted by Gasteiger charge is -2.56. The Morgan fingerprint density at radius 3 is 2.08 bits per heavy atom. The first-order valence-corrected chi connectivity index (χ1v) is 14.3. The summed E-state index contributed by atoms with van der Waals surface area (Å²) in [6, 6.07) is 0. The molecule has 3 N–H and O–H groups in total. The van der Waals surface area contributed by atoms with Crippen molar-refractivity contribution in [3.63, 3.8) is 0 Å². The maximum Gasteiger partial charge on any atom is 0.246 e. The fourth-order valence-corrected chi connectivity index (χ4v) is 7.17. The average Bonchev–Trinajstić information content (AvgIpc) is 2.83. The van der Waals surface area contributed by atoms with Crippen LogP contribution >= 0.6 is 11.6 Å². The normalized spacial score (nSPS) is 44.7. The van der Waals surface area contributed by atoms with E-state index < -0.39 is 28.7 Å². The summed E-state index contributed by atoms with van der Waals surface area (Å²) in [6.07, 6.45) is 4.25. The number of fused-ring (bicyclic) bond motifs is 3. The molecule has 0 aromatic rings. The van der Waals surface area contributed by atoms with Gasteiger partial charge in [0.1, 0.15) is 19.4 Å². The number of hydrogen-bond acceptors (Lipinski definition) is 5. The van der Waals surface area contributed by atoms with E-state index in [0.29, 0.717) is 62.7 Å². The van der Waals surface area contributed by atoms with E-state index in [9.17, 15) is 19.1 Å². The third-order valence-corrected chi connectivity index (χ3v) is 10.2. The van der Waals surface area contributed by atoms with Crippen LogP contribution < -0.4 is 10.6 Å². The highest BCUT2D eigenvalue weighted by Crippen LogP contribution is 2.47. The summed E-state index contributed by atoms with van der Waals surface area (Å²) in [7, 11) is 0. The Labute approximate surface area is 219 Å². The van der Waals surface area contributed by atoms with Crippen molar-refractivity contribution >= 4 is 23.4 Å². The molecule has 5 aliphatic carbocycles. The number of nitrogens with one attached hydrogen (secondary N) is 2. The van der Waals surface area contributed by atoms with Crippen LogP contribution in [0.5, 0.6) is 0 Å². The van der Waals surface area contributed by atoms with Crippen LogP contribution in [-0.4, -0.2) is 71.1 Å². The van der Waals surface area contributed by atoms with Crippen LogP contribution in [0.2, 0.25) is 0 Å². The maximum absolute atomic E-state index is 13.8. The number of rotatable bonds is 8. The maximum atomic E-state index is 13.8. The van der Waals surface area contributed by atoms with Gasteiger partial charge < -0.3 is 25.2 Å². The summed E-state index contributed by atoms with van der Waals surface area (Å²) in [5.74, 6) is 1.39. The standard InChI is InChI=1S/C27H44ClFN2O5/c1-16-10-20(11-17(2)18(16)3)36-15-25(34)31-27-8-6-26(7-9-27,13-23(27)32)30-24(33)14-35-19-4-5-21(28)22(29)12-19/h16-23,32H,4-15H2,1-3H3,(H,30,33)(H,31,34)/t16?,17?,18?,19?,20?,21?,22?,23-,26?,27?/m0/s1. The number of aliphatic hydroxyl groups is 1. The Bertz CT molecular complexity index is 780. The highest BCUT2D eigenvalue weighted by atomic mass is 35.5. The average molecular weight is 531 g/mol. The Kier molecular flexibility index (Phi) is 8.90. The molecule has 0 spiro atoms. The van der Waals surface area contributed by atoms with Gasteiger partial charge in [0.2, 0.25) is 11.8 Å². The first-order valence-electron chi connectivity index (χ1n) is 13.8. The van der Waals surface area contributed by atoms with Crippen molar-refractivity contribution in [2.24, 2.45) is 17.8 Å². The van der Waals surface area contributed by atoms with Gasteiger partial charge in [0.05, 0.1) is 29.2 Å². The van der Waals surface area contributed by atoms with Gasteiger partial charge in [-0.2, -0.15) is 0 Å². The van der Waals surface area contributed by atoms with Crippen molar-refractivity contribution in [2.45, 2.75) is 126 Å². The Morgan fingerprint density at radius 1 is 0.917 bits per heavy atom. The SMILES string of the molecule is CC1CC(OCC(=O)NC23CCC(NC(=O)COC4CCC(Cl)C(F)C4)(CC2)C[C@@H]3O)CC(C)C1C. The molecule has 0 saturated heterocycles. The minimum atomic E-state index is -1.11. The predicted molar refractivity (Wildman–Crippen MR) is 135 cm³/mol. The Balaban J connectivity index is 1.21. The van der Waals surface area contributed by atoms with Crippen LogP contribution in [0, 0.1) is 17.8 Å². The monoisotopic (exact) mass is 530 g/mol. The fraction of sp³-hybridized carbons (Fsp3) is 0.926.